The van der Waals surface area contributed by atoms with Gasteiger partial charge in [-0.2, -0.15) is 18.3 Å². The van der Waals surface area contributed by atoms with Crippen molar-refractivity contribution in [2.75, 3.05) is 12.0 Å². The molecule has 116 valence electrons. The smallest absolute Gasteiger partial charge is 0.408 e. The number of nitrogens with zero attached hydrogens (tertiary/aromatic N) is 4. The standard InChI is InChI=1S/C13H11F3N4O2/c1-22-11-3-2-9-10(18-11)6-20(12(9)21)8-4-17-19(5-8)7-13(14,15)16/h2-5H,6-7H2,1H3. The fourth-order valence-electron chi connectivity index (χ4n) is 2.25. The Bertz CT molecular complexity index is 726. The number of hydrogen-bond acceptors (Lipinski definition) is 4. The number of carbonyl (C=O) groups excluding carboxylic acids is 1. The molecule has 0 radical (unpaired) electrons. The Morgan fingerprint density at radius 2 is 2.14 bits per heavy atom. The molecule has 3 heterocycles. The van der Waals surface area contributed by atoms with Crippen LogP contribution in [0.2, 0.25) is 0 Å². The van der Waals surface area contributed by atoms with E-state index in [1.165, 1.54) is 24.4 Å². The number of halogens is 3. The predicted molar refractivity (Wildman–Crippen MR) is 69.6 cm³/mol. The summed E-state index contributed by atoms with van der Waals surface area (Å²) in [7, 11) is 1.46. The average Bonchev–Trinajstić information content (AvgIpc) is 3.01. The van der Waals surface area contributed by atoms with E-state index in [2.05, 4.69) is 10.1 Å². The summed E-state index contributed by atoms with van der Waals surface area (Å²) < 4.78 is 42.8. The van der Waals surface area contributed by atoms with Crippen LogP contribution in [-0.4, -0.2) is 34.0 Å². The lowest BCUT2D eigenvalue weighted by molar-refractivity contribution is -0.142. The average molecular weight is 312 g/mol. The van der Waals surface area contributed by atoms with Gasteiger partial charge in [0.15, 0.2) is 0 Å². The van der Waals surface area contributed by atoms with Crippen LogP contribution < -0.4 is 9.64 Å². The van der Waals surface area contributed by atoms with Crippen LogP contribution in [0.15, 0.2) is 24.5 Å². The van der Waals surface area contributed by atoms with Gasteiger partial charge in [-0.05, 0) is 6.07 Å². The molecule has 0 spiro atoms. The number of fused-ring (bicyclic) bond motifs is 1. The minimum Gasteiger partial charge on any atom is -0.481 e. The van der Waals surface area contributed by atoms with Gasteiger partial charge in [-0.3, -0.25) is 14.4 Å². The van der Waals surface area contributed by atoms with Crippen molar-refractivity contribution in [3.63, 3.8) is 0 Å². The zero-order valence-corrected chi connectivity index (χ0v) is 11.5. The predicted octanol–water partition coefficient (Wildman–Crippen LogP) is 2.01. The highest BCUT2D eigenvalue weighted by molar-refractivity contribution is 6.09. The third kappa shape index (κ3) is 2.61. The molecule has 3 rings (SSSR count). The molecule has 0 aliphatic carbocycles. The zero-order chi connectivity index (χ0) is 15.9. The number of aromatic nitrogens is 3. The molecule has 1 aliphatic heterocycles. The maximum atomic E-state index is 12.3. The van der Waals surface area contributed by atoms with Crippen LogP contribution in [0.25, 0.3) is 0 Å². The molecule has 0 fully saturated rings. The first-order valence-corrected chi connectivity index (χ1v) is 6.32. The normalized spacial score (nSPS) is 14.4. The molecule has 0 saturated heterocycles. The van der Waals surface area contributed by atoms with Crippen LogP contribution in [-0.2, 0) is 13.1 Å². The van der Waals surface area contributed by atoms with Gasteiger partial charge in [0.2, 0.25) is 5.88 Å². The number of amides is 1. The minimum absolute atomic E-state index is 0.170. The SMILES string of the molecule is COc1ccc2c(n1)CN(c1cnn(CC(F)(F)F)c1)C2=O. The van der Waals surface area contributed by atoms with Crippen molar-refractivity contribution in [2.24, 2.45) is 0 Å². The van der Waals surface area contributed by atoms with Crippen molar-refractivity contribution >= 4 is 11.6 Å². The highest BCUT2D eigenvalue weighted by atomic mass is 19.4. The van der Waals surface area contributed by atoms with E-state index < -0.39 is 12.7 Å². The Morgan fingerprint density at radius 3 is 2.82 bits per heavy atom. The number of alkyl halides is 3. The minimum atomic E-state index is -4.36. The molecular formula is C13H11F3N4O2. The summed E-state index contributed by atoms with van der Waals surface area (Å²) in [5.41, 5.74) is 1.23. The van der Waals surface area contributed by atoms with Gasteiger partial charge in [0.25, 0.3) is 5.91 Å². The largest absolute Gasteiger partial charge is 0.481 e. The fraction of sp³-hybridized carbons (Fsp3) is 0.308. The quantitative estimate of drug-likeness (QED) is 0.870. The van der Waals surface area contributed by atoms with E-state index in [1.807, 2.05) is 0 Å². The maximum absolute atomic E-state index is 12.3. The molecular weight excluding hydrogens is 301 g/mol. The molecule has 0 aromatic carbocycles. The van der Waals surface area contributed by atoms with E-state index in [-0.39, 0.29) is 12.5 Å². The topological polar surface area (TPSA) is 60.2 Å². The van der Waals surface area contributed by atoms with Crippen LogP contribution in [0.4, 0.5) is 18.9 Å². The zero-order valence-electron chi connectivity index (χ0n) is 11.5. The van der Waals surface area contributed by atoms with Gasteiger partial charge in [0, 0.05) is 12.3 Å². The van der Waals surface area contributed by atoms with Gasteiger partial charge >= 0.3 is 6.18 Å². The van der Waals surface area contributed by atoms with Crippen molar-refractivity contribution in [2.45, 2.75) is 19.3 Å². The number of hydrogen-bond donors (Lipinski definition) is 0. The monoisotopic (exact) mass is 312 g/mol. The number of pyridine rings is 1. The van der Waals surface area contributed by atoms with E-state index in [9.17, 15) is 18.0 Å². The van der Waals surface area contributed by atoms with Crippen LogP contribution in [0.3, 0.4) is 0 Å². The lowest BCUT2D eigenvalue weighted by atomic mass is 10.2. The molecule has 0 saturated carbocycles. The summed E-state index contributed by atoms with van der Waals surface area (Å²) in [4.78, 5) is 17.8. The Balaban J connectivity index is 1.84. The Kier molecular flexibility index (Phi) is 3.27. The first-order chi connectivity index (χ1) is 10.4. The molecule has 22 heavy (non-hydrogen) atoms. The van der Waals surface area contributed by atoms with Crippen molar-refractivity contribution in [3.8, 4) is 5.88 Å². The van der Waals surface area contributed by atoms with E-state index in [4.69, 9.17) is 4.74 Å². The third-order valence-corrected chi connectivity index (χ3v) is 3.21. The van der Waals surface area contributed by atoms with Crippen LogP contribution in [0.5, 0.6) is 5.88 Å². The number of anilines is 1. The first kappa shape index (κ1) is 14.4. The molecule has 9 heteroatoms. The summed E-state index contributed by atoms with van der Waals surface area (Å²) in [5.74, 6) is 0.0536. The Morgan fingerprint density at radius 1 is 1.36 bits per heavy atom. The second kappa shape index (κ2) is 5.00. The van der Waals surface area contributed by atoms with Crippen LogP contribution in [0.1, 0.15) is 16.1 Å². The van der Waals surface area contributed by atoms with E-state index in [0.717, 1.165) is 4.68 Å². The molecule has 6 nitrogen and oxygen atoms in total. The molecule has 0 atom stereocenters. The molecule has 2 aromatic heterocycles. The molecule has 1 aliphatic rings. The molecule has 0 bridgehead atoms. The van der Waals surface area contributed by atoms with Crippen molar-refractivity contribution in [3.05, 3.63) is 35.8 Å². The lowest BCUT2D eigenvalue weighted by Gasteiger charge is -2.12. The summed E-state index contributed by atoms with van der Waals surface area (Å²) >= 11 is 0. The summed E-state index contributed by atoms with van der Waals surface area (Å²) in [6, 6.07) is 3.15. The van der Waals surface area contributed by atoms with Gasteiger partial charge in [-0.15, -0.1) is 0 Å². The number of ether oxygens (including phenoxy) is 1. The Labute approximate surface area is 123 Å². The summed E-state index contributed by atoms with van der Waals surface area (Å²) in [6.07, 6.45) is -1.95. The lowest BCUT2D eigenvalue weighted by Crippen LogP contribution is -2.22. The number of rotatable bonds is 3. The third-order valence-electron chi connectivity index (χ3n) is 3.21. The van der Waals surface area contributed by atoms with Gasteiger partial charge in [0.05, 0.1) is 36.8 Å². The first-order valence-electron chi connectivity index (χ1n) is 6.32. The van der Waals surface area contributed by atoms with Gasteiger partial charge < -0.3 is 4.74 Å². The second-order valence-corrected chi connectivity index (χ2v) is 4.75. The molecule has 2 aromatic rings. The van der Waals surface area contributed by atoms with Crippen molar-refractivity contribution < 1.29 is 22.7 Å². The summed E-state index contributed by atoms with van der Waals surface area (Å²) in [6.45, 7) is -1.03. The summed E-state index contributed by atoms with van der Waals surface area (Å²) in [5, 5.41) is 3.63. The van der Waals surface area contributed by atoms with Gasteiger partial charge in [0.1, 0.15) is 6.54 Å². The van der Waals surface area contributed by atoms with Gasteiger partial charge in [-0.25, -0.2) is 4.98 Å². The number of carbonyl (C=O) groups is 1. The van der Waals surface area contributed by atoms with Crippen LogP contribution in [0, 0.1) is 0 Å². The van der Waals surface area contributed by atoms with E-state index >= 15 is 0 Å². The molecule has 0 unspecified atom stereocenters. The molecule has 1 amide bonds. The highest BCUT2D eigenvalue weighted by Crippen LogP contribution is 2.28. The highest BCUT2D eigenvalue weighted by Gasteiger charge is 2.32. The van der Waals surface area contributed by atoms with E-state index in [0.29, 0.717) is 22.8 Å². The second-order valence-electron chi connectivity index (χ2n) is 4.75. The molecule has 0 N–H and O–H groups in total. The Hall–Kier alpha value is -2.58. The van der Waals surface area contributed by atoms with Crippen molar-refractivity contribution in [1.82, 2.24) is 14.8 Å². The van der Waals surface area contributed by atoms with E-state index in [1.54, 1.807) is 12.1 Å². The van der Waals surface area contributed by atoms with Gasteiger partial charge in [-0.1, -0.05) is 0 Å². The number of methoxy groups -OCH3 is 1. The fourth-order valence-corrected chi connectivity index (χ4v) is 2.25. The van der Waals surface area contributed by atoms with Crippen LogP contribution >= 0.6 is 0 Å². The van der Waals surface area contributed by atoms with Crippen molar-refractivity contribution in [1.29, 1.82) is 0 Å². The maximum Gasteiger partial charge on any atom is 0.408 e.